The molecule has 0 aliphatic rings. The minimum absolute atomic E-state index is 0.0745. The molecule has 15 heavy (non-hydrogen) atoms. The maximum Gasteiger partial charge on any atom is 0.147 e. The molecule has 0 aromatic carbocycles. The predicted octanol–water partition coefficient (Wildman–Crippen LogP) is 1.37. The summed E-state index contributed by atoms with van der Waals surface area (Å²) >= 11 is 0. The summed E-state index contributed by atoms with van der Waals surface area (Å²) in [6.45, 7) is 7.41. The van der Waals surface area contributed by atoms with Crippen LogP contribution in [0.2, 0.25) is 0 Å². The number of aliphatic hydroxyl groups is 1. The summed E-state index contributed by atoms with van der Waals surface area (Å²) in [4.78, 5) is 10.4. The highest BCUT2D eigenvalue weighted by molar-refractivity contribution is 5.37. The van der Waals surface area contributed by atoms with Crippen LogP contribution in [0.4, 0.5) is 5.82 Å². The van der Waals surface area contributed by atoms with Crippen LogP contribution in [0, 0.1) is 0 Å². The molecule has 1 N–H and O–H groups in total. The third-order valence-electron chi connectivity index (χ3n) is 2.00. The number of rotatable bonds is 6. The molecule has 0 saturated heterocycles. The van der Waals surface area contributed by atoms with E-state index in [1.54, 1.807) is 12.4 Å². The summed E-state index contributed by atoms with van der Waals surface area (Å²) in [5.41, 5.74) is 0.595. The van der Waals surface area contributed by atoms with E-state index in [9.17, 15) is 0 Å². The lowest BCUT2D eigenvalue weighted by molar-refractivity contribution is 0.276. The molecule has 0 unspecified atom stereocenters. The number of anilines is 1. The van der Waals surface area contributed by atoms with Gasteiger partial charge in [-0.2, -0.15) is 0 Å². The van der Waals surface area contributed by atoms with E-state index >= 15 is 0 Å². The Morgan fingerprint density at radius 2 is 2.33 bits per heavy atom. The van der Waals surface area contributed by atoms with Crippen molar-refractivity contribution in [2.45, 2.75) is 20.0 Å². The molecule has 1 aromatic rings. The predicted molar refractivity (Wildman–Crippen MR) is 60.7 cm³/mol. The maximum absolute atomic E-state index is 8.96. The van der Waals surface area contributed by atoms with E-state index in [1.165, 1.54) is 0 Å². The summed E-state index contributed by atoms with van der Waals surface area (Å²) in [6, 6.07) is 0. The van der Waals surface area contributed by atoms with Gasteiger partial charge in [0.2, 0.25) is 0 Å². The molecule has 0 amide bonds. The van der Waals surface area contributed by atoms with Gasteiger partial charge in [0.15, 0.2) is 0 Å². The fourth-order valence-corrected chi connectivity index (χ4v) is 1.35. The molecule has 0 aliphatic heterocycles. The Morgan fingerprint density at radius 3 is 2.93 bits per heavy atom. The Hall–Kier alpha value is -1.42. The summed E-state index contributed by atoms with van der Waals surface area (Å²) in [6.07, 6.45) is 6.15. The molecule has 0 fully saturated rings. The Labute approximate surface area is 90.3 Å². The Morgan fingerprint density at radius 1 is 1.53 bits per heavy atom. The van der Waals surface area contributed by atoms with E-state index in [0.717, 1.165) is 25.3 Å². The van der Waals surface area contributed by atoms with Gasteiger partial charge in [-0.05, 0) is 6.42 Å². The first kappa shape index (κ1) is 11.7. The smallest absolute Gasteiger partial charge is 0.147 e. The molecule has 4 nitrogen and oxygen atoms in total. The second-order valence-electron chi connectivity index (χ2n) is 3.26. The van der Waals surface area contributed by atoms with Gasteiger partial charge < -0.3 is 10.0 Å². The monoisotopic (exact) mass is 207 g/mol. The Bertz CT molecular complexity index is 314. The van der Waals surface area contributed by atoms with Gasteiger partial charge in [0.1, 0.15) is 5.82 Å². The average Bonchev–Trinajstić information content (AvgIpc) is 2.29. The summed E-state index contributed by atoms with van der Waals surface area (Å²) < 4.78 is 0. The van der Waals surface area contributed by atoms with Crippen molar-refractivity contribution < 1.29 is 5.11 Å². The molecule has 0 bridgehead atoms. The SMILES string of the molecule is C=CCN(CCC)c1cncc(CO)n1. The second-order valence-corrected chi connectivity index (χ2v) is 3.26. The van der Waals surface area contributed by atoms with Crippen molar-refractivity contribution in [2.75, 3.05) is 18.0 Å². The fraction of sp³-hybridized carbons (Fsp3) is 0.455. The van der Waals surface area contributed by atoms with Crippen LogP contribution in [0.25, 0.3) is 0 Å². The lowest BCUT2D eigenvalue weighted by Crippen LogP contribution is -2.25. The van der Waals surface area contributed by atoms with Crippen molar-refractivity contribution in [3.8, 4) is 0 Å². The number of hydrogen-bond donors (Lipinski definition) is 1. The molecule has 4 heteroatoms. The van der Waals surface area contributed by atoms with Crippen molar-refractivity contribution in [2.24, 2.45) is 0 Å². The van der Waals surface area contributed by atoms with E-state index in [1.807, 2.05) is 6.08 Å². The zero-order valence-electron chi connectivity index (χ0n) is 9.06. The topological polar surface area (TPSA) is 49.2 Å². The van der Waals surface area contributed by atoms with E-state index in [2.05, 4.69) is 28.4 Å². The van der Waals surface area contributed by atoms with Crippen molar-refractivity contribution >= 4 is 5.82 Å². The average molecular weight is 207 g/mol. The van der Waals surface area contributed by atoms with Gasteiger partial charge in [-0.1, -0.05) is 13.0 Å². The zero-order chi connectivity index (χ0) is 11.1. The van der Waals surface area contributed by atoms with Crippen LogP contribution < -0.4 is 4.90 Å². The zero-order valence-corrected chi connectivity index (χ0v) is 9.06. The molecular weight excluding hydrogens is 190 g/mol. The largest absolute Gasteiger partial charge is 0.390 e. The number of aromatic nitrogens is 2. The van der Waals surface area contributed by atoms with Gasteiger partial charge in [0.25, 0.3) is 0 Å². The molecule has 0 spiro atoms. The minimum atomic E-state index is -0.0745. The third kappa shape index (κ3) is 3.32. The molecular formula is C11H17N3O. The number of hydrogen-bond acceptors (Lipinski definition) is 4. The first-order chi connectivity index (χ1) is 7.31. The maximum atomic E-state index is 8.96. The quantitative estimate of drug-likeness (QED) is 0.716. The van der Waals surface area contributed by atoms with Crippen molar-refractivity contribution in [1.29, 1.82) is 0 Å². The van der Waals surface area contributed by atoms with Gasteiger partial charge >= 0.3 is 0 Å². The second kappa shape index (κ2) is 6.14. The standard InChI is InChI=1S/C11H17N3O/c1-3-5-14(6-4-2)11-8-12-7-10(9-15)13-11/h3,7-8,15H,1,4-6,9H2,2H3. The highest BCUT2D eigenvalue weighted by Gasteiger charge is 2.06. The Kier molecular flexibility index (Phi) is 4.77. The number of nitrogens with zero attached hydrogens (tertiary/aromatic N) is 3. The lowest BCUT2D eigenvalue weighted by atomic mass is 10.4. The molecule has 0 saturated carbocycles. The lowest BCUT2D eigenvalue weighted by Gasteiger charge is -2.21. The minimum Gasteiger partial charge on any atom is -0.390 e. The van der Waals surface area contributed by atoms with E-state index in [-0.39, 0.29) is 6.61 Å². The van der Waals surface area contributed by atoms with Crippen LogP contribution in [0.1, 0.15) is 19.0 Å². The summed E-state index contributed by atoms with van der Waals surface area (Å²) in [5.74, 6) is 0.795. The Balaban J connectivity index is 2.83. The third-order valence-corrected chi connectivity index (χ3v) is 2.00. The summed E-state index contributed by atoms with van der Waals surface area (Å²) in [5, 5.41) is 8.96. The first-order valence-corrected chi connectivity index (χ1v) is 5.09. The van der Waals surface area contributed by atoms with Crippen LogP contribution >= 0.6 is 0 Å². The van der Waals surface area contributed by atoms with Gasteiger partial charge in [-0.25, -0.2) is 4.98 Å². The van der Waals surface area contributed by atoms with Crippen LogP contribution in [0.3, 0.4) is 0 Å². The normalized spacial score (nSPS) is 10.0. The van der Waals surface area contributed by atoms with Gasteiger partial charge in [-0.3, -0.25) is 4.98 Å². The molecule has 0 radical (unpaired) electrons. The van der Waals surface area contributed by atoms with Crippen LogP contribution in [-0.4, -0.2) is 28.2 Å². The highest BCUT2D eigenvalue weighted by atomic mass is 16.3. The molecule has 0 aliphatic carbocycles. The highest BCUT2D eigenvalue weighted by Crippen LogP contribution is 2.10. The van der Waals surface area contributed by atoms with E-state index < -0.39 is 0 Å². The van der Waals surface area contributed by atoms with Crippen molar-refractivity contribution in [1.82, 2.24) is 9.97 Å². The number of aliphatic hydroxyl groups excluding tert-OH is 1. The molecule has 1 rings (SSSR count). The first-order valence-electron chi connectivity index (χ1n) is 5.09. The van der Waals surface area contributed by atoms with Gasteiger partial charge in [0.05, 0.1) is 24.7 Å². The van der Waals surface area contributed by atoms with E-state index in [0.29, 0.717) is 5.69 Å². The van der Waals surface area contributed by atoms with E-state index in [4.69, 9.17) is 5.11 Å². The van der Waals surface area contributed by atoms with Crippen LogP contribution in [0.5, 0.6) is 0 Å². The summed E-state index contributed by atoms with van der Waals surface area (Å²) in [7, 11) is 0. The van der Waals surface area contributed by atoms with Crippen molar-refractivity contribution in [3.63, 3.8) is 0 Å². The molecule has 1 aromatic heterocycles. The molecule has 0 atom stereocenters. The molecule has 1 heterocycles. The molecule has 82 valence electrons. The van der Waals surface area contributed by atoms with Gasteiger partial charge in [0, 0.05) is 13.1 Å². The fourth-order valence-electron chi connectivity index (χ4n) is 1.35. The van der Waals surface area contributed by atoms with Gasteiger partial charge in [-0.15, -0.1) is 6.58 Å². The van der Waals surface area contributed by atoms with Crippen LogP contribution in [-0.2, 0) is 6.61 Å². The van der Waals surface area contributed by atoms with Crippen molar-refractivity contribution in [3.05, 3.63) is 30.7 Å². The van der Waals surface area contributed by atoms with Crippen LogP contribution in [0.15, 0.2) is 25.0 Å².